The van der Waals surface area contributed by atoms with Crippen molar-refractivity contribution >= 4 is 0 Å². The van der Waals surface area contributed by atoms with Crippen molar-refractivity contribution in [3.8, 4) is 5.75 Å². The van der Waals surface area contributed by atoms with Gasteiger partial charge in [0.2, 0.25) is 0 Å². The highest BCUT2D eigenvalue weighted by Gasteiger charge is 2.33. The Morgan fingerprint density at radius 1 is 1.30 bits per heavy atom. The molecule has 0 aliphatic carbocycles. The first-order chi connectivity index (χ1) is 10.8. The molecule has 23 heavy (non-hydrogen) atoms. The number of alkyl halides is 3. The average Bonchev–Trinajstić information content (AvgIpc) is 2.47. The molecule has 7 heteroatoms. The summed E-state index contributed by atoms with van der Waals surface area (Å²) in [7, 11) is 3.96. The van der Waals surface area contributed by atoms with Gasteiger partial charge in [-0.2, -0.15) is 0 Å². The van der Waals surface area contributed by atoms with Gasteiger partial charge in [-0.05, 0) is 26.6 Å². The van der Waals surface area contributed by atoms with E-state index in [0.29, 0.717) is 18.7 Å². The third-order valence-corrected chi connectivity index (χ3v) is 4.27. The van der Waals surface area contributed by atoms with Gasteiger partial charge in [0.15, 0.2) is 0 Å². The van der Waals surface area contributed by atoms with Crippen molar-refractivity contribution in [2.24, 2.45) is 5.92 Å². The highest BCUT2D eigenvalue weighted by atomic mass is 19.4. The van der Waals surface area contributed by atoms with Gasteiger partial charge in [-0.25, -0.2) is 0 Å². The molecule has 2 atom stereocenters. The Morgan fingerprint density at radius 3 is 2.61 bits per heavy atom. The van der Waals surface area contributed by atoms with Crippen LogP contribution in [0.15, 0.2) is 24.3 Å². The number of piperidine rings is 1. The second-order valence-corrected chi connectivity index (χ2v) is 6.15. The monoisotopic (exact) mass is 332 g/mol. The summed E-state index contributed by atoms with van der Waals surface area (Å²) < 4.78 is 41.5. The zero-order chi connectivity index (χ0) is 17.0. The smallest absolute Gasteiger partial charge is 0.405 e. The summed E-state index contributed by atoms with van der Waals surface area (Å²) in [6.45, 7) is 1.88. The number of aliphatic hydroxyl groups is 1. The number of hydrogen-bond acceptors (Lipinski definition) is 4. The highest BCUT2D eigenvalue weighted by Crippen LogP contribution is 2.29. The molecule has 1 N–H and O–H groups in total. The van der Waals surface area contributed by atoms with Crippen LogP contribution in [-0.4, -0.2) is 61.1 Å². The van der Waals surface area contributed by atoms with Crippen LogP contribution in [0.5, 0.6) is 5.75 Å². The molecule has 0 unspecified atom stereocenters. The molecule has 0 radical (unpaired) electrons. The third kappa shape index (κ3) is 5.09. The number of halogens is 3. The van der Waals surface area contributed by atoms with Crippen molar-refractivity contribution in [2.45, 2.75) is 25.4 Å². The van der Waals surface area contributed by atoms with E-state index in [-0.39, 0.29) is 24.3 Å². The lowest BCUT2D eigenvalue weighted by molar-refractivity contribution is -0.275. The second-order valence-electron chi connectivity index (χ2n) is 6.15. The van der Waals surface area contributed by atoms with Crippen LogP contribution in [0.3, 0.4) is 0 Å². The summed E-state index contributed by atoms with van der Waals surface area (Å²) in [4.78, 5) is 4.17. The number of nitrogens with zero attached hydrogens (tertiary/aromatic N) is 2. The fourth-order valence-electron chi connectivity index (χ4n) is 3.20. The molecule has 1 aliphatic heterocycles. The van der Waals surface area contributed by atoms with Gasteiger partial charge < -0.3 is 14.7 Å². The summed E-state index contributed by atoms with van der Waals surface area (Å²) in [5, 5.41) is 9.57. The fraction of sp³-hybridized carbons (Fsp3) is 0.625. The lowest BCUT2D eigenvalue weighted by Gasteiger charge is -2.41. The number of para-hydroxylation sites is 1. The van der Waals surface area contributed by atoms with E-state index in [1.807, 2.05) is 14.1 Å². The predicted molar refractivity (Wildman–Crippen MR) is 81.1 cm³/mol. The van der Waals surface area contributed by atoms with Crippen molar-refractivity contribution in [1.29, 1.82) is 0 Å². The molecule has 1 aromatic rings. The molecule has 130 valence electrons. The average molecular weight is 332 g/mol. The first kappa shape index (κ1) is 18.0. The van der Waals surface area contributed by atoms with E-state index in [9.17, 15) is 18.3 Å². The molecule has 1 heterocycles. The van der Waals surface area contributed by atoms with Crippen LogP contribution in [0.2, 0.25) is 0 Å². The summed E-state index contributed by atoms with van der Waals surface area (Å²) in [6.07, 6.45) is -3.82. The quantitative estimate of drug-likeness (QED) is 0.898. The van der Waals surface area contributed by atoms with Crippen LogP contribution in [0, 0.1) is 5.92 Å². The van der Waals surface area contributed by atoms with E-state index in [0.717, 1.165) is 13.0 Å². The van der Waals surface area contributed by atoms with Crippen molar-refractivity contribution < 1.29 is 23.0 Å². The maximum absolute atomic E-state index is 12.5. The van der Waals surface area contributed by atoms with Gasteiger partial charge >= 0.3 is 6.36 Å². The topological polar surface area (TPSA) is 35.9 Å². The Bertz CT molecular complexity index is 508. The lowest BCUT2D eigenvalue weighted by Crippen LogP contribution is -2.49. The fourth-order valence-corrected chi connectivity index (χ4v) is 3.20. The zero-order valence-electron chi connectivity index (χ0n) is 13.4. The van der Waals surface area contributed by atoms with E-state index in [1.165, 1.54) is 12.1 Å². The van der Waals surface area contributed by atoms with E-state index in [2.05, 4.69) is 14.5 Å². The molecular weight excluding hydrogens is 309 g/mol. The molecular formula is C16H23F3N2O2. The Labute approximate surface area is 134 Å². The van der Waals surface area contributed by atoms with Gasteiger partial charge in [-0.1, -0.05) is 18.2 Å². The van der Waals surface area contributed by atoms with Crippen molar-refractivity contribution in [1.82, 2.24) is 9.80 Å². The van der Waals surface area contributed by atoms with Crippen molar-refractivity contribution in [2.75, 3.05) is 33.8 Å². The Hall–Kier alpha value is -1.31. The number of hydrogen-bond donors (Lipinski definition) is 1. The normalized spacial score (nSPS) is 23.3. The number of aliphatic hydroxyl groups excluding tert-OH is 1. The van der Waals surface area contributed by atoms with E-state index >= 15 is 0 Å². The summed E-state index contributed by atoms with van der Waals surface area (Å²) in [6, 6.07) is 6.50. The SMILES string of the molecule is CN(C)[C@@H]1CCN(Cc2ccccc2OC(F)(F)F)C[C@@H]1CO. The molecule has 4 nitrogen and oxygen atoms in total. The molecule has 0 aromatic heterocycles. The molecule has 1 aromatic carbocycles. The van der Waals surface area contributed by atoms with Crippen LogP contribution in [0.1, 0.15) is 12.0 Å². The van der Waals surface area contributed by atoms with Crippen LogP contribution in [0.25, 0.3) is 0 Å². The largest absolute Gasteiger partial charge is 0.573 e. The molecule has 0 spiro atoms. The van der Waals surface area contributed by atoms with Crippen LogP contribution in [0.4, 0.5) is 13.2 Å². The van der Waals surface area contributed by atoms with Crippen LogP contribution in [-0.2, 0) is 6.54 Å². The Morgan fingerprint density at radius 2 is 2.00 bits per heavy atom. The van der Waals surface area contributed by atoms with Gasteiger partial charge in [0.05, 0.1) is 0 Å². The molecule has 1 saturated heterocycles. The van der Waals surface area contributed by atoms with Gasteiger partial charge in [0.25, 0.3) is 0 Å². The maximum Gasteiger partial charge on any atom is 0.573 e. The van der Waals surface area contributed by atoms with Crippen LogP contribution < -0.4 is 4.74 Å². The van der Waals surface area contributed by atoms with E-state index < -0.39 is 6.36 Å². The first-order valence-electron chi connectivity index (χ1n) is 7.63. The zero-order valence-corrected chi connectivity index (χ0v) is 13.4. The maximum atomic E-state index is 12.5. The molecule has 2 rings (SSSR count). The third-order valence-electron chi connectivity index (χ3n) is 4.27. The van der Waals surface area contributed by atoms with E-state index in [4.69, 9.17) is 0 Å². The number of likely N-dealkylation sites (tertiary alicyclic amines) is 1. The second kappa shape index (κ2) is 7.51. The van der Waals surface area contributed by atoms with Crippen molar-refractivity contribution in [3.63, 3.8) is 0 Å². The van der Waals surface area contributed by atoms with Gasteiger partial charge in [-0.3, -0.25) is 4.90 Å². The molecule has 1 aliphatic rings. The van der Waals surface area contributed by atoms with Crippen LogP contribution >= 0.6 is 0 Å². The van der Waals surface area contributed by atoms with Crippen molar-refractivity contribution in [3.05, 3.63) is 29.8 Å². The summed E-state index contributed by atoms with van der Waals surface area (Å²) >= 11 is 0. The first-order valence-corrected chi connectivity index (χ1v) is 7.63. The summed E-state index contributed by atoms with van der Waals surface area (Å²) in [5.41, 5.74) is 0.504. The standard InChI is InChI=1S/C16H23F3N2O2/c1-20(2)14-7-8-21(10-13(14)11-22)9-12-5-3-4-6-15(12)23-16(17,18)19/h3-6,13-14,22H,7-11H2,1-2H3/t13-,14-/m1/s1. The van der Waals surface area contributed by atoms with Gasteiger partial charge in [0.1, 0.15) is 5.75 Å². The van der Waals surface area contributed by atoms with Gasteiger partial charge in [-0.15, -0.1) is 13.2 Å². The Kier molecular flexibility index (Phi) is 5.89. The van der Waals surface area contributed by atoms with E-state index in [1.54, 1.807) is 12.1 Å². The highest BCUT2D eigenvalue weighted by molar-refractivity contribution is 5.33. The number of benzene rings is 1. The number of rotatable bonds is 5. The molecule has 0 bridgehead atoms. The predicted octanol–water partition coefficient (Wildman–Crippen LogP) is 2.33. The molecule has 0 saturated carbocycles. The van der Waals surface area contributed by atoms with Gasteiger partial charge in [0, 0.05) is 43.8 Å². The molecule has 0 amide bonds. The lowest BCUT2D eigenvalue weighted by atomic mass is 9.91. The minimum atomic E-state index is -4.69. The minimum Gasteiger partial charge on any atom is -0.405 e. The Balaban J connectivity index is 2.06. The summed E-state index contributed by atoms with van der Waals surface area (Å²) in [5.74, 6) is -0.0651. The number of ether oxygens (including phenoxy) is 1. The molecule has 1 fully saturated rings. The minimum absolute atomic E-state index is 0.0695.